The van der Waals surface area contributed by atoms with Crippen LogP contribution in [-0.4, -0.2) is 10.1 Å². The van der Waals surface area contributed by atoms with Crippen molar-refractivity contribution in [1.82, 2.24) is 10.1 Å². The first-order valence-corrected chi connectivity index (χ1v) is 2.59. The molecule has 0 unspecified atom stereocenters. The number of nitriles is 1. The third-order valence-electron chi connectivity index (χ3n) is 0.871. The Morgan fingerprint density at radius 1 is 1.78 bits per heavy atom. The zero-order valence-corrected chi connectivity index (χ0v) is 4.96. The molecule has 0 saturated heterocycles. The Morgan fingerprint density at radius 3 is 2.89 bits per heavy atom. The Bertz CT molecular complexity index is 235. The topological polar surface area (TPSA) is 62.7 Å². The van der Waals surface area contributed by atoms with Gasteiger partial charge >= 0.3 is 0 Å². The SMILES string of the molecule is CCc1nc(C#N)no1. The van der Waals surface area contributed by atoms with Crippen molar-refractivity contribution in [3.8, 4) is 6.07 Å². The smallest absolute Gasteiger partial charge is 0.273 e. The van der Waals surface area contributed by atoms with E-state index in [1.165, 1.54) is 0 Å². The monoisotopic (exact) mass is 123 g/mol. The summed E-state index contributed by atoms with van der Waals surface area (Å²) in [7, 11) is 0. The van der Waals surface area contributed by atoms with Crippen LogP contribution in [0.2, 0.25) is 0 Å². The molecule has 0 aromatic carbocycles. The fraction of sp³-hybridized carbons (Fsp3) is 0.400. The molecule has 0 spiro atoms. The van der Waals surface area contributed by atoms with Crippen LogP contribution < -0.4 is 0 Å². The molecule has 1 aromatic heterocycles. The predicted molar refractivity (Wildman–Crippen MR) is 28.4 cm³/mol. The molecule has 46 valence electrons. The highest BCUT2D eigenvalue weighted by Gasteiger charge is 1.99. The zero-order valence-electron chi connectivity index (χ0n) is 4.96. The molecular weight excluding hydrogens is 118 g/mol. The van der Waals surface area contributed by atoms with Gasteiger partial charge in [-0.25, -0.2) is 0 Å². The van der Waals surface area contributed by atoms with Gasteiger partial charge in [-0.05, 0) is 5.16 Å². The van der Waals surface area contributed by atoms with Crippen LogP contribution in [-0.2, 0) is 6.42 Å². The lowest BCUT2D eigenvalue weighted by Crippen LogP contribution is -1.78. The molecule has 0 aliphatic rings. The van der Waals surface area contributed by atoms with E-state index in [4.69, 9.17) is 5.26 Å². The number of hydrogen-bond donors (Lipinski definition) is 0. The second-order valence-electron chi connectivity index (χ2n) is 1.48. The van der Waals surface area contributed by atoms with Gasteiger partial charge in [-0.15, -0.1) is 0 Å². The van der Waals surface area contributed by atoms with Gasteiger partial charge in [0.25, 0.3) is 5.82 Å². The molecule has 9 heavy (non-hydrogen) atoms. The van der Waals surface area contributed by atoms with Gasteiger partial charge in [0.2, 0.25) is 5.89 Å². The maximum atomic E-state index is 8.21. The normalized spacial score (nSPS) is 8.89. The molecule has 0 saturated carbocycles. The quantitative estimate of drug-likeness (QED) is 0.545. The Hall–Kier alpha value is -1.37. The minimum atomic E-state index is 0.104. The molecule has 0 fully saturated rings. The Balaban J connectivity index is 2.90. The third kappa shape index (κ3) is 1.05. The van der Waals surface area contributed by atoms with E-state index in [2.05, 4.69) is 14.7 Å². The highest BCUT2D eigenvalue weighted by Crippen LogP contribution is 1.94. The van der Waals surface area contributed by atoms with Gasteiger partial charge in [0.05, 0.1) is 0 Å². The van der Waals surface area contributed by atoms with E-state index in [9.17, 15) is 0 Å². The standard InChI is InChI=1S/C5H5N3O/c1-2-5-7-4(3-6)8-9-5/h2H2,1H3. The molecule has 0 radical (unpaired) electrons. The van der Waals surface area contributed by atoms with Crippen molar-refractivity contribution in [2.24, 2.45) is 0 Å². The predicted octanol–water partition coefficient (Wildman–Crippen LogP) is 0.504. The minimum Gasteiger partial charge on any atom is -0.338 e. The summed E-state index contributed by atoms with van der Waals surface area (Å²) in [4.78, 5) is 3.71. The fourth-order valence-electron chi connectivity index (χ4n) is 0.444. The molecule has 4 heteroatoms. The molecule has 0 bridgehead atoms. The molecule has 0 aliphatic carbocycles. The summed E-state index contributed by atoms with van der Waals surface area (Å²) in [5.74, 6) is 0.610. The fourth-order valence-corrected chi connectivity index (χ4v) is 0.444. The van der Waals surface area contributed by atoms with E-state index in [1.807, 2.05) is 6.92 Å². The van der Waals surface area contributed by atoms with Crippen LogP contribution in [0.3, 0.4) is 0 Å². The summed E-state index contributed by atoms with van der Waals surface area (Å²) < 4.78 is 4.62. The second-order valence-corrected chi connectivity index (χ2v) is 1.48. The lowest BCUT2D eigenvalue weighted by atomic mass is 10.5. The van der Waals surface area contributed by atoms with Gasteiger partial charge < -0.3 is 4.52 Å². The maximum absolute atomic E-state index is 8.21. The first kappa shape index (κ1) is 5.76. The summed E-state index contributed by atoms with van der Waals surface area (Å²) in [6.07, 6.45) is 0.675. The lowest BCUT2D eigenvalue weighted by Gasteiger charge is -1.74. The zero-order chi connectivity index (χ0) is 6.69. The van der Waals surface area contributed by atoms with E-state index in [-0.39, 0.29) is 5.82 Å². The number of aryl methyl sites for hydroxylation is 1. The number of rotatable bonds is 1. The van der Waals surface area contributed by atoms with E-state index in [1.54, 1.807) is 6.07 Å². The van der Waals surface area contributed by atoms with Gasteiger partial charge in [0, 0.05) is 6.42 Å². The average molecular weight is 123 g/mol. The first-order valence-electron chi connectivity index (χ1n) is 2.59. The largest absolute Gasteiger partial charge is 0.338 e. The van der Waals surface area contributed by atoms with Crippen molar-refractivity contribution < 1.29 is 4.52 Å². The van der Waals surface area contributed by atoms with Crippen LogP contribution in [0.25, 0.3) is 0 Å². The van der Waals surface area contributed by atoms with Crippen LogP contribution in [0.5, 0.6) is 0 Å². The van der Waals surface area contributed by atoms with Crippen molar-refractivity contribution in [1.29, 1.82) is 5.26 Å². The number of aromatic nitrogens is 2. The van der Waals surface area contributed by atoms with Crippen LogP contribution in [0.1, 0.15) is 18.6 Å². The lowest BCUT2D eigenvalue weighted by molar-refractivity contribution is 0.380. The van der Waals surface area contributed by atoms with Gasteiger partial charge in [-0.1, -0.05) is 6.92 Å². The van der Waals surface area contributed by atoms with Crippen LogP contribution in [0.4, 0.5) is 0 Å². The number of hydrogen-bond acceptors (Lipinski definition) is 4. The third-order valence-corrected chi connectivity index (χ3v) is 0.871. The van der Waals surface area contributed by atoms with Gasteiger partial charge in [-0.3, -0.25) is 0 Å². The molecule has 1 rings (SSSR count). The molecular formula is C5H5N3O. The van der Waals surface area contributed by atoms with Gasteiger partial charge in [-0.2, -0.15) is 10.2 Å². The molecule has 0 atom stereocenters. The molecule has 4 nitrogen and oxygen atoms in total. The molecule has 0 amide bonds. The summed E-state index contributed by atoms with van der Waals surface area (Å²) in [5, 5.41) is 11.6. The second kappa shape index (κ2) is 2.27. The first-order chi connectivity index (χ1) is 4.36. The van der Waals surface area contributed by atoms with Gasteiger partial charge in [0.15, 0.2) is 0 Å². The highest BCUT2D eigenvalue weighted by atomic mass is 16.5. The minimum absolute atomic E-state index is 0.104. The van der Waals surface area contributed by atoms with Crippen molar-refractivity contribution in [3.63, 3.8) is 0 Å². The van der Waals surface area contributed by atoms with Crippen LogP contribution in [0.15, 0.2) is 4.52 Å². The van der Waals surface area contributed by atoms with Crippen molar-refractivity contribution in [3.05, 3.63) is 11.7 Å². The van der Waals surface area contributed by atoms with E-state index in [0.29, 0.717) is 12.3 Å². The summed E-state index contributed by atoms with van der Waals surface area (Å²) in [6.45, 7) is 1.88. The Morgan fingerprint density at radius 2 is 2.56 bits per heavy atom. The van der Waals surface area contributed by atoms with Crippen molar-refractivity contribution in [2.45, 2.75) is 13.3 Å². The Kier molecular flexibility index (Phi) is 1.45. The molecule has 1 heterocycles. The summed E-state index contributed by atoms with van der Waals surface area (Å²) in [5.41, 5.74) is 0. The van der Waals surface area contributed by atoms with Gasteiger partial charge in [0.1, 0.15) is 6.07 Å². The summed E-state index contributed by atoms with van der Waals surface area (Å²) >= 11 is 0. The van der Waals surface area contributed by atoms with Crippen molar-refractivity contribution in [2.75, 3.05) is 0 Å². The van der Waals surface area contributed by atoms with E-state index in [0.717, 1.165) is 0 Å². The Labute approximate surface area is 52.1 Å². The molecule has 0 aliphatic heterocycles. The van der Waals surface area contributed by atoms with Crippen molar-refractivity contribution >= 4 is 0 Å². The average Bonchev–Trinajstić information content (AvgIpc) is 2.34. The van der Waals surface area contributed by atoms with E-state index < -0.39 is 0 Å². The maximum Gasteiger partial charge on any atom is 0.273 e. The van der Waals surface area contributed by atoms with E-state index >= 15 is 0 Å². The van der Waals surface area contributed by atoms with Crippen LogP contribution in [0, 0.1) is 11.3 Å². The summed E-state index contributed by atoms with van der Waals surface area (Å²) in [6, 6.07) is 1.77. The highest BCUT2D eigenvalue weighted by molar-refractivity contribution is 5.06. The molecule has 1 aromatic rings. The van der Waals surface area contributed by atoms with Crippen LogP contribution >= 0.6 is 0 Å². The number of nitrogens with zero attached hydrogens (tertiary/aromatic N) is 3. The molecule has 0 N–H and O–H groups in total.